The molecule has 2 rings (SSSR count). The number of aromatic nitrogens is 2. The Labute approximate surface area is 140 Å². The first kappa shape index (κ1) is 17.7. The summed E-state index contributed by atoms with van der Waals surface area (Å²) in [5, 5.41) is 0. The molecule has 24 heavy (non-hydrogen) atoms. The van der Waals surface area contributed by atoms with Crippen molar-refractivity contribution in [3.8, 4) is 0 Å². The molecule has 126 valence electrons. The first-order valence-corrected chi connectivity index (χ1v) is 7.69. The number of nitrogens with zero attached hydrogens (tertiary/aromatic N) is 3. The van der Waals surface area contributed by atoms with Gasteiger partial charge in [0.05, 0.1) is 12.5 Å². The number of carbonyl (C=O) groups is 2. The van der Waals surface area contributed by atoms with Gasteiger partial charge < -0.3 is 4.90 Å². The molecule has 0 bridgehead atoms. The quantitative estimate of drug-likeness (QED) is 0.765. The fourth-order valence-corrected chi connectivity index (χ4v) is 2.75. The molecule has 0 saturated carbocycles. The number of amides is 1. The molecule has 1 unspecified atom stereocenters. The second-order valence-corrected chi connectivity index (χ2v) is 5.98. The van der Waals surface area contributed by atoms with Crippen molar-refractivity contribution in [3.63, 3.8) is 0 Å². The molecule has 1 amide bonds. The van der Waals surface area contributed by atoms with Crippen molar-refractivity contribution in [3.05, 3.63) is 59.4 Å². The molecule has 1 heterocycles. The largest absolute Gasteiger partial charge is 0.338 e. The lowest BCUT2D eigenvalue weighted by atomic mass is 9.94. The molecule has 0 saturated heterocycles. The summed E-state index contributed by atoms with van der Waals surface area (Å²) in [6.07, 6.45) is 3.71. The van der Waals surface area contributed by atoms with Crippen molar-refractivity contribution in [2.45, 2.75) is 26.3 Å². The van der Waals surface area contributed by atoms with E-state index in [1.165, 1.54) is 18.5 Å². The summed E-state index contributed by atoms with van der Waals surface area (Å²) < 4.78 is 13.0. The topological polar surface area (TPSA) is 63.2 Å². The maximum absolute atomic E-state index is 13.0. The van der Waals surface area contributed by atoms with E-state index in [0.717, 1.165) is 5.56 Å². The minimum atomic E-state index is -0.336. The molecule has 5 nitrogen and oxygen atoms in total. The summed E-state index contributed by atoms with van der Waals surface area (Å²) in [6, 6.07) is 5.53. The second kappa shape index (κ2) is 7.77. The Bertz CT molecular complexity index is 716. The van der Waals surface area contributed by atoms with Crippen LogP contribution < -0.4 is 0 Å². The average molecular weight is 329 g/mol. The molecule has 0 spiro atoms. The zero-order chi connectivity index (χ0) is 17.7. The second-order valence-electron chi connectivity index (χ2n) is 5.98. The molecule has 6 heteroatoms. The summed E-state index contributed by atoms with van der Waals surface area (Å²) in [7, 11) is 1.69. The number of rotatable bonds is 6. The smallest absolute Gasteiger partial charge is 0.227 e. The van der Waals surface area contributed by atoms with E-state index in [-0.39, 0.29) is 35.8 Å². The van der Waals surface area contributed by atoms with E-state index in [1.807, 2.05) is 13.8 Å². The van der Waals surface area contributed by atoms with Gasteiger partial charge in [-0.15, -0.1) is 0 Å². The number of carbonyl (C=O) groups excluding carboxylic acids is 2. The Hall–Kier alpha value is -2.63. The van der Waals surface area contributed by atoms with E-state index >= 15 is 0 Å². The number of halogens is 1. The summed E-state index contributed by atoms with van der Waals surface area (Å²) in [4.78, 5) is 33.4. The molecule has 1 aromatic carbocycles. The monoisotopic (exact) mass is 329 g/mol. The third-order valence-electron chi connectivity index (χ3n) is 3.91. The van der Waals surface area contributed by atoms with Crippen LogP contribution in [0.3, 0.4) is 0 Å². The molecule has 0 fully saturated rings. The van der Waals surface area contributed by atoms with Gasteiger partial charge >= 0.3 is 0 Å². The average Bonchev–Trinajstić information content (AvgIpc) is 2.57. The van der Waals surface area contributed by atoms with Crippen LogP contribution in [0.2, 0.25) is 0 Å². The molecule has 1 aromatic heterocycles. The third-order valence-corrected chi connectivity index (χ3v) is 3.91. The maximum atomic E-state index is 13.0. The van der Waals surface area contributed by atoms with E-state index in [4.69, 9.17) is 0 Å². The highest BCUT2D eigenvalue weighted by molar-refractivity contribution is 5.80. The van der Waals surface area contributed by atoms with Crippen molar-refractivity contribution < 1.29 is 14.0 Å². The van der Waals surface area contributed by atoms with Gasteiger partial charge in [0.2, 0.25) is 5.91 Å². The Morgan fingerprint density at radius 3 is 2.54 bits per heavy atom. The van der Waals surface area contributed by atoms with Crippen LogP contribution in [0.5, 0.6) is 0 Å². The molecule has 0 aliphatic rings. The summed E-state index contributed by atoms with van der Waals surface area (Å²) in [5.74, 6) is -0.394. The fraction of sp³-hybridized carbons (Fsp3) is 0.333. The lowest BCUT2D eigenvalue weighted by Gasteiger charge is -2.32. The number of aldehydes is 1. The Morgan fingerprint density at radius 1 is 1.29 bits per heavy atom. The van der Waals surface area contributed by atoms with Gasteiger partial charge in [0.1, 0.15) is 17.8 Å². The molecule has 0 aliphatic heterocycles. The SMILES string of the molecule is CC(C)C(c1cncnc1C=O)N(C)C(=O)Cc1ccc(F)cc1. The highest BCUT2D eigenvalue weighted by Crippen LogP contribution is 2.28. The highest BCUT2D eigenvalue weighted by atomic mass is 19.1. The standard InChI is InChI=1S/C18H20FN3O2/c1-12(2)18(15-9-20-11-21-16(15)10-23)22(3)17(24)8-13-4-6-14(19)7-5-13/h4-7,9-12,18H,8H2,1-3H3. The minimum absolute atomic E-state index is 0.0665. The lowest BCUT2D eigenvalue weighted by molar-refractivity contribution is -0.132. The van der Waals surface area contributed by atoms with E-state index < -0.39 is 0 Å². The molecular formula is C18H20FN3O2. The molecule has 0 N–H and O–H groups in total. The number of hydrogen-bond donors (Lipinski definition) is 0. The van der Waals surface area contributed by atoms with Crippen molar-refractivity contribution in [2.75, 3.05) is 7.05 Å². The molecule has 0 aliphatic carbocycles. The predicted molar refractivity (Wildman–Crippen MR) is 87.9 cm³/mol. The fourth-order valence-electron chi connectivity index (χ4n) is 2.75. The predicted octanol–water partition coefficient (Wildman–Crippen LogP) is 2.83. The van der Waals surface area contributed by atoms with Gasteiger partial charge in [-0.2, -0.15) is 0 Å². The van der Waals surface area contributed by atoms with E-state index in [2.05, 4.69) is 9.97 Å². The van der Waals surface area contributed by atoms with Crippen LogP contribution >= 0.6 is 0 Å². The van der Waals surface area contributed by atoms with Crippen LogP contribution in [-0.2, 0) is 11.2 Å². The van der Waals surface area contributed by atoms with Gasteiger partial charge in [0.25, 0.3) is 0 Å². The number of likely N-dealkylation sites (N-methyl/N-ethyl adjacent to an activating group) is 1. The van der Waals surface area contributed by atoms with E-state index in [1.54, 1.807) is 30.3 Å². The number of hydrogen-bond acceptors (Lipinski definition) is 4. The zero-order valence-electron chi connectivity index (χ0n) is 13.9. The van der Waals surface area contributed by atoms with Crippen LogP contribution in [0.25, 0.3) is 0 Å². The first-order valence-electron chi connectivity index (χ1n) is 7.69. The van der Waals surface area contributed by atoms with Crippen LogP contribution in [0.4, 0.5) is 4.39 Å². The van der Waals surface area contributed by atoms with E-state index in [9.17, 15) is 14.0 Å². The third kappa shape index (κ3) is 4.01. The zero-order valence-corrected chi connectivity index (χ0v) is 13.9. The summed E-state index contributed by atoms with van der Waals surface area (Å²) in [6.45, 7) is 3.93. The van der Waals surface area contributed by atoms with Gasteiger partial charge in [-0.1, -0.05) is 26.0 Å². The van der Waals surface area contributed by atoms with Crippen molar-refractivity contribution in [2.24, 2.45) is 5.92 Å². The highest BCUT2D eigenvalue weighted by Gasteiger charge is 2.27. The van der Waals surface area contributed by atoms with Crippen molar-refractivity contribution in [1.29, 1.82) is 0 Å². The Balaban J connectivity index is 2.25. The van der Waals surface area contributed by atoms with Gasteiger partial charge in [-0.3, -0.25) is 9.59 Å². The molecule has 2 aromatic rings. The lowest BCUT2D eigenvalue weighted by Crippen LogP contribution is -2.36. The molecule has 1 atom stereocenters. The van der Waals surface area contributed by atoms with Crippen LogP contribution in [0, 0.1) is 11.7 Å². The summed E-state index contributed by atoms with van der Waals surface area (Å²) in [5.41, 5.74) is 1.64. The summed E-state index contributed by atoms with van der Waals surface area (Å²) >= 11 is 0. The van der Waals surface area contributed by atoms with Crippen LogP contribution in [0.1, 0.15) is 41.5 Å². The minimum Gasteiger partial charge on any atom is -0.338 e. The van der Waals surface area contributed by atoms with Crippen molar-refractivity contribution in [1.82, 2.24) is 14.9 Å². The van der Waals surface area contributed by atoms with Gasteiger partial charge in [-0.25, -0.2) is 14.4 Å². The van der Waals surface area contributed by atoms with Gasteiger partial charge in [0.15, 0.2) is 6.29 Å². The first-order chi connectivity index (χ1) is 11.4. The normalized spacial score (nSPS) is 12.0. The maximum Gasteiger partial charge on any atom is 0.227 e. The molecule has 0 radical (unpaired) electrons. The van der Waals surface area contributed by atoms with Crippen LogP contribution in [0.15, 0.2) is 36.8 Å². The van der Waals surface area contributed by atoms with Gasteiger partial charge in [-0.05, 0) is 23.6 Å². The Morgan fingerprint density at radius 2 is 1.96 bits per heavy atom. The molecular weight excluding hydrogens is 309 g/mol. The van der Waals surface area contributed by atoms with E-state index in [0.29, 0.717) is 11.8 Å². The Kier molecular flexibility index (Phi) is 5.73. The van der Waals surface area contributed by atoms with Crippen molar-refractivity contribution >= 4 is 12.2 Å². The number of benzene rings is 1. The van der Waals surface area contributed by atoms with Crippen LogP contribution in [-0.4, -0.2) is 34.1 Å². The van der Waals surface area contributed by atoms with Gasteiger partial charge in [0, 0.05) is 18.8 Å².